The molecule has 1 aliphatic rings. The van der Waals surface area contributed by atoms with Crippen LogP contribution in [0.1, 0.15) is 18.4 Å². The Morgan fingerprint density at radius 1 is 1.30 bits per heavy atom. The zero-order valence-electron chi connectivity index (χ0n) is 11.9. The minimum absolute atomic E-state index is 0.221. The van der Waals surface area contributed by atoms with E-state index in [0.29, 0.717) is 19.1 Å². The number of benzene rings is 1. The number of nitrogens with one attached hydrogen (secondary N) is 1. The SMILES string of the molecule is CNOCC1CCN(C(=O)OCc2ccccc2)CC1. The number of carbonyl (C=O) groups excluding carboxylic acids is 1. The number of amides is 1. The van der Waals surface area contributed by atoms with E-state index in [1.165, 1.54) is 0 Å². The first-order chi connectivity index (χ1) is 9.79. The van der Waals surface area contributed by atoms with Crippen LogP contribution in [-0.2, 0) is 16.2 Å². The molecule has 5 nitrogen and oxygen atoms in total. The number of piperidine rings is 1. The van der Waals surface area contributed by atoms with Crippen LogP contribution < -0.4 is 5.48 Å². The van der Waals surface area contributed by atoms with Crippen LogP contribution in [0, 0.1) is 5.92 Å². The Kier molecular flexibility index (Phi) is 5.83. The van der Waals surface area contributed by atoms with Crippen molar-refractivity contribution in [3.05, 3.63) is 35.9 Å². The van der Waals surface area contributed by atoms with Crippen LogP contribution in [0.15, 0.2) is 30.3 Å². The molecule has 1 aromatic carbocycles. The molecule has 2 rings (SSSR count). The molecular formula is C15H22N2O3. The van der Waals surface area contributed by atoms with Gasteiger partial charge in [-0.1, -0.05) is 30.3 Å². The van der Waals surface area contributed by atoms with E-state index in [1.807, 2.05) is 30.3 Å². The van der Waals surface area contributed by atoms with Gasteiger partial charge in [0.25, 0.3) is 0 Å². The minimum atomic E-state index is -0.221. The van der Waals surface area contributed by atoms with Crippen molar-refractivity contribution in [3.63, 3.8) is 0 Å². The maximum atomic E-state index is 12.0. The Hall–Kier alpha value is -1.59. The number of hydroxylamine groups is 1. The zero-order chi connectivity index (χ0) is 14.2. The molecule has 1 fully saturated rings. The fourth-order valence-electron chi connectivity index (χ4n) is 2.29. The van der Waals surface area contributed by atoms with Crippen LogP contribution in [0.3, 0.4) is 0 Å². The number of hydrogen-bond donors (Lipinski definition) is 1. The molecule has 0 bridgehead atoms. The van der Waals surface area contributed by atoms with Crippen molar-refractivity contribution in [1.29, 1.82) is 0 Å². The molecule has 1 saturated heterocycles. The van der Waals surface area contributed by atoms with Gasteiger partial charge in [0.1, 0.15) is 6.61 Å². The van der Waals surface area contributed by atoms with Crippen LogP contribution >= 0.6 is 0 Å². The predicted molar refractivity (Wildman–Crippen MR) is 75.9 cm³/mol. The summed E-state index contributed by atoms with van der Waals surface area (Å²) >= 11 is 0. The van der Waals surface area contributed by atoms with Crippen molar-refractivity contribution < 1.29 is 14.4 Å². The lowest BCUT2D eigenvalue weighted by Gasteiger charge is -2.30. The molecule has 1 aliphatic heterocycles. The lowest BCUT2D eigenvalue weighted by molar-refractivity contribution is 0.0120. The summed E-state index contributed by atoms with van der Waals surface area (Å²) in [5.74, 6) is 0.514. The van der Waals surface area contributed by atoms with Crippen molar-refractivity contribution in [2.24, 2.45) is 5.92 Å². The van der Waals surface area contributed by atoms with Gasteiger partial charge in [0, 0.05) is 20.1 Å². The first kappa shape index (κ1) is 14.8. The third kappa shape index (κ3) is 4.51. The molecule has 1 aromatic rings. The Balaban J connectivity index is 1.69. The molecule has 0 atom stereocenters. The topological polar surface area (TPSA) is 50.8 Å². The highest BCUT2D eigenvalue weighted by Gasteiger charge is 2.23. The van der Waals surface area contributed by atoms with Crippen molar-refractivity contribution in [1.82, 2.24) is 10.4 Å². The third-order valence-corrected chi connectivity index (χ3v) is 3.54. The predicted octanol–water partition coefficient (Wildman–Crippen LogP) is 2.19. The quantitative estimate of drug-likeness (QED) is 0.839. The number of carbonyl (C=O) groups is 1. The molecule has 5 heteroatoms. The third-order valence-electron chi connectivity index (χ3n) is 3.54. The van der Waals surface area contributed by atoms with Gasteiger partial charge in [0.05, 0.1) is 6.61 Å². The lowest BCUT2D eigenvalue weighted by atomic mass is 9.98. The Labute approximate surface area is 119 Å². The second-order valence-corrected chi connectivity index (χ2v) is 4.99. The van der Waals surface area contributed by atoms with Crippen LogP contribution in [0.5, 0.6) is 0 Å². The molecular weight excluding hydrogens is 256 g/mol. The van der Waals surface area contributed by atoms with E-state index in [1.54, 1.807) is 11.9 Å². The highest BCUT2D eigenvalue weighted by molar-refractivity contribution is 5.67. The van der Waals surface area contributed by atoms with E-state index >= 15 is 0 Å². The number of likely N-dealkylation sites (tertiary alicyclic amines) is 1. The van der Waals surface area contributed by atoms with Gasteiger partial charge in [-0.05, 0) is 24.3 Å². The van der Waals surface area contributed by atoms with E-state index in [4.69, 9.17) is 9.57 Å². The number of ether oxygens (including phenoxy) is 1. The molecule has 0 radical (unpaired) electrons. The van der Waals surface area contributed by atoms with Crippen molar-refractivity contribution in [2.75, 3.05) is 26.7 Å². The molecule has 0 aliphatic carbocycles. The monoisotopic (exact) mass is 278 g/mol. The average Bonchev–Trinajstić information content (AvgIpc) is 2.52. The van der Waals surface area contributed by atoms with Crippen LogP contribution in [0.4, 0.5) is 4.79 Å². The molecule has 1 N–H and O–H groups in total. The van der Waals surface area contributed by atoms with E-state index in [-0.39, 0.29) is 6.09 Å². The summed E-state index contributed by atoms with van der Waals surface area (Å²) in [6.45, 7) is 2.52. The molecule has 0 spiro atoms. The summed E-state index contributed by atoms with van der Waals surface area (Å²) in [7, 11) is 1.76. The van der Waals surface area contributed by atoms with Gasteiger partial charge in [-0.2, -0.15) is 0 Å². The van der Waals surface area contributed by atoms with Crippen molar-refractivity contribution in [3.8, 4) is 0 Å². The second kappa shape index (κ2) is 7.87. The van der Waals surface area contributed by atoms with Gasteiger partial charge in [-0.3, -0.25) is 0 Å². The Morgan fingerprint density at radius 3 is 2.65 bits per heavy atom. The van der Waals surface area contributed by atoms with Gasteiger partial charge in [0.2, 0.25) is 0 Å². The molecule has 1 amide bonds. The maximum Gasteiger partial charge on any atom is 0.410 e. The smallest absolute Gasteiger partial charge is 0.410 e. The van der Waals surface area contributed by atoms with Gasteiger partial charge in [0.15, 0.2) is 0 Å². The molecule has 20 heavy (non-hydrogen) atoms. The number of rotatable bonds is 5. The zero-order valence-corrected chi connectivity index (χ0v) is 11.9. The molecule has 110 valence electrons. The van der Waals surface area contributed by atoms with E-state index < -0.39 is 0 Å². The van der Waals surface area contributed by atoms with Crippen molar-refractivity contribution in [2.45, 2.75) is 19.4 Å². The average molecular weight is 278 g/mol. The molecule has 0 aromatic heterocycles. The largest absolute Gasteiger partial charge is 0.445 e. The minimum Gasteiger partial charge on any atom is -0.445 e. The van der Waals surface area contributed by atoms with Crippen LogP contribution in [0.25, 0.3) is 0 Å². The maximum absolute atomic E-state index is 12.0. The van der Waals surface area contributed by atoms with Gasteiger partial charge in [-0.15, -0.1) is 0 Å². The lowest BCUT2D eigenvalue weighted by Crippen LogP contribution is -2.40. The Bertz CT molecular complexity index is 403. The number of hydrogen-bond acceptors (Lipinski definition) is 4. The standard InChI is InChI=1S/C15H22N2O3/c1-16-20-12-14-7-9-17(10-8-14)15(18)19-11-13-5-3-2-4-6-13/h2-6,14,16H,7-12H2,1H3. The summed E-state index contributed by atoms with van der Waals surface area (Å²) in [6.07, 6.45) is 1.70. The van der Waals surface area contributed by atoms with Gasteiger partial charge < -0.3 is 14.5 Å². The van der Waals surface area contributed by atoms with Gasteiger partial charge >= 0.3 is 6.09 Å². The first-order valence-corrected chi connectivity index (χ1v) is 7.03. The van der Waals surface area contributed by atoms with E-state index in [2.05, 4.69) is 5.48 Å². The van der Waals surface area contributed by atoms with E-state index in [0.717, 1.165) is 31.5 Å². The Morgan fingerprint density at radius 2 is 2.00 bits per heavy atom. The molecule has 1 heterocycles. The summed E-state index contributed by atoms with van der Waals surface area (Å²) < 4.78 is 5.33. The molecule has 0 unspecified atom stereocenters. The summed E-state index contributed by atoms with van der Waals surface area (Å²) in [6, 6.07) is 9.74. The summed E-state index contributed by atoms with van der Waals surface area (Å²) in [5, 5.41) is 0. The fourth-order valence-corrected chi connectivity index (χ4v) is 2.29. The normalized spacial score (nSPS) is 16.1. The number of nitrogens with zero attached hydrogens (tertiary/aromatic N) is 1. The fraction of sp³-hybridized carbons (Fsp3) is 0.533. The van der Waals surface area contributed by atoms with Crippen LogP contribution in [-0.4, -0.2) is 37.7 Å². The highest BCUT2D eigenvalue weighted by atomic mass is 16.6. The summed E-state index contributed by atoms with van der Waals surface area (Å²) in [4.78, 5) is 18.9. The second-order valence-electron chi connectivity index (χ2n) is 4.99. The van der Waals surface area contributed by atoms with E-state index in [9.17, 15) is 4.79 Å². The van der Waals surface area contributed by atoms with Crippen LogP contribution in [0.2, 0.25) is 0 Å². The van der Waals surface area contributed by atoms with Gasteiger partial charge in [-0.25, -0.2) is 10.3 Å². The first-order valence-electron chi connectivity index (χ1n) is 7.03. The molecule has 0 saturated carbocycles. The summed E-state index contributed by atoms with van der Waals surface area (Å²) in [5.41, 5.74) is 3.69. The van der Waals surface area contributed by atoms with Crippen molar-refractivity contribution >= 4 is 6.09 Å². The highest BCUT2D eigenvalue weighted by Crippen LogP contribution is 2.18.